The number of hydrogen-bond donors (Lipinski definition) is 2. The molecule has 1 atom stereocenters. The van der Waals surface area contributed by atoms with Gasteiger partial charge in [-0.25, -0.2) is 9.97 Å². The lowest BCUT2D eigenvalue weighted by atomic mass is 10.2. The second kappa shape index (κ2) is 4.11. The fraction of sp³-hybridized carbons (Fsp3) is 0.556. The van der Waals surface area contributed by atoms with Gasteiger partial charge < -0.3 is 10.6 Å². The van der Waals surface area contributed by atoms with Crippen molar-refractivity contribution >= 4 is 17.4 Å². The molecule has 0 radical (unpaired) electrons. The van der Waals surface area contributed by atoms with Crippen LogP contribution >= 0.6 is 11.6 Å². The quantitative estimate of drug-likeness (QED) is 0.724. The van der Waals surface area contributed by atoms with Gasteiger partial charge in [-0.1, -0.05) is 0 Å². The molecule has 2 heterocycles. The van der Waals surface area contributed by atoms with Crippen molar-refractivity contribution in [1.29, 1.82) is 0 Å². The van der Waals surface area contributed by atoms with E-state index in [0.717, 1.165) is 31.0 Å². The van der Waals surface area contributed by atoms with Gasteiger partial charge in [-0.3, -0.25) is 0 Å². The summed E-state index contributed by atoms with van der Waals surface area (Å²) in [6.45, 7) is 3.96. The number of aromatic nitrogens is 2. The molecule has 0 amide bonds. The fourth-order valence-corrected chi connectivity index (χ4v) is 1.82. The molecule has 0 aromatic carbocycles. The highest BCUT2D eigenvalue weighted by Crippen LogP contribution is 2.12. The van der Waals surface area contributed by atoms with Crippen molar-refractivity contribution in [2.24, 2.45) is 0 Å². The number of aryl methyl sites for hydroxylation is 1. The number of nitrogens with one attached hydrogen (secondary N) is 2. The topological polar surface area (TPSA) is 49.8 Å². The average molecular weight is 213 g/mol. The van der Waals surface area contributed by atoms with Crippen LogP contribution in [0.2, 0.25) is 5.28 Å². The predicted molar refractivity (Wildman–Crippen MR) is 56.7 cm³/mol. The third-order valence-corrected chi connectivity index (χ3v) is 2.41. The van der Waals surface area contributed by atoms with Gasteiger partial charge in [-0.15, -0.1) is 0 Å². The van der Waals surface area contributed by atoms with E-state index in [4.69, 9.17) is 11.6 Å². The SMILES string of the molecule is Cc1cc(NC2CCNC2)nc(Cl)n1. The number of halogens is 1. The van der Waals surface area contributed by atoms with Gasteiger partial charge in [-0.05, 0) is 31.5 Å². The van der Waals surface area contributed by atoms with E-state index in [1.165, 1.54) is 0 Å². The molecule has 4 nitrogen and oxygen atoms in total. The van der Waals surface area contributed by atoms with E-state index < -0.39 is 0 Å². The van der Waals surface area contributed by atoms with Crippen molar-refractivity contribution in [2.75, 3.05) is 18.4 Å². The molecule has 1 fully saturated rings. The van der Waals surface area contributed by atoms with E-state index in [-0.39, 0.29) is 0 Å². The van der Waals surface area contributed by atoms with E-state index in [0.29, 0.717) is 11.3 Å². The van der Waals surface area contributed by atoms with Crippen LogP contribution in [0.1, 0.15) is 12.1 Å². The number of rotatable bonds is 2. The fourth-order valence-electron chi connectivity index (χ4n) is 1.59. The predicted octanol–water partition coefficient (Wildman–Crippen LogP) is 1.21. The first kappa shape index (κ1) is 9.68. The lowest BCUT2D eigenvalue weighted by Gasteiger charge is -2.11. The molecule has 0 bridgehead atoms. The summed E-state index contributed by atoms with van der Waals surface area (Å²) in [6.07, 6.45) is 1.13. The summed E-state index contributed by atoms with van der Waals surface area (Å²) in [5.41, 5.74) is 0.887. The lowest BCUT2D eigenvalue weighted by Crippen LogP contribution is -2.22. The van der Waals surface area contributed by atoms with Crippen LogP contribution in [-0.4, -0.2) is 29.1 Å². The first-order chi connectivity index (χ1) is 6.74. The smallest absolute Gasteiger partial charge is 0.224 e. The Morgan fingerprint density at radius 1 is 1.57 bits per heavy atom. The Balaban J connectivity index is 2.07. The van der Waals surface area contributed by atoms with Gasteiger partial charge in [-0.2, -0.15) is 0 Å². The van der Waals surface area contributed by atoms with Crippen LogP contribution in [0.5, 0.6) is 0 Å². The van der Waals surface area contributed by atoms with Crippen LogP contribution in [0, 0.1) is 6.92 Å². The zero-order valence-electron chi connectivity index (χ0n) is 8.05. The minimum absolute atomic E-state index is 0.304. The molecule has 1 aliphatic heterocycles. The van der Waals surface area contributed by atoms with Crippen LogP contribution in [0.4, 0.5) is 5.82 Å². The maximum Gasteiger partial charge on any atom is 0.224 e. The molecule has 1 aromatic rings. The highest BCUT2D eigenvalue weighted by atomic mass is 35.5. The van der Waals surface area contributed by atoms with Gasteiger partial charge in [0.15, 0.2) is 0 Å². The molecule has 14 heavy (non-hydrogen) atoms. The van der Waals surface area contributed by atoms with E-state index in [1.54, 1.807) is 0 Å². The summed E-state index contributed by atoms with van der Waals surface area (Å²) in [4.78, 5) is 8.12. The molecule has 2 N–H and O–H groups in total. The van der Waals surface area contributed by atoms with Crippen molar-refractivity contribution in [3.63, 3.8) is 0 Å². The van der Waals surface area contributed by atoms with Crippen molar-refractivity contribution in [3.8, 4) is 0 Å². The summed E-state index contributed by atoms with van der Waals surface area (Å²) in [5.74, 6) is 0.816. The number of anilines is 1. The maximum atomic E-state index is 5.76. The summed E-state index contributed by atoms with van der Waals surface area (Å²) < 4.78 is 0. The first-order valence-corrected chi connectivity index (χ1v) is 5.10. The zero-order chi connectivity index (χ0) is 9.97. The molecule has 0 spiro atoms. The highest BCUT2D eigenvalue weighted by molar-refractivity contribution is 6.28. The molecule has 1 aromatic heterocycles. The van der Waals surface area contributed by atoms with E-state index in [9.17, 15) is 0 Å². The van der Waals surface area contributed by atoms with Gasteiger partial charge in [0, 0.05) is 24.3 Å². The largest absolute Gasteiger partial charge is 0.366 e. The summed E-state index contributed by atoms with van der Waals surface area (Å²) in [5, 5.41) is 6.91. The molecule has 2 rings (SSSR count). The Bertz CT molecular complexity index is 302. The monoisotopic (exact) mass is 212 g/mol. The normalized spacial score (nSPS) is 21.1. The van der Waals surface area contributed by atoms with Crippen LogP contribution in [0.25, 0.3) is 0 Å². The van der Waals surface area contributed by atoms with Gasteiger partial charge >= 0.3 is 0 Å². The van der Waals surface area contributed by atoms with Crippen LogP contribution in [0.3, 0.4) is 0 Å². The van der Waals surface area contributed by atoms with E-state index >= 15 is 0 Å². The highest BCUT2D eigenvalue weighted by Gasteiger charge is 2.14. The first-order valence-electron chi connectivity index (χ1n) is 4.72. The second-order valence-electron chi connectivity index (χ2n) is 3.50. The molecule has 76 valence electrons. The Morgan fingerprint density at radius 3 is 3.07 bits per heavy atom. The van der Waals surface area contributed by atoms with Gasteiger partial charge in [0.2, 0.25) is 5.28 Å². The number of hydrogen-bond acceptors (Lipinski definition) is 4. The Morgan fingerprint density at radius 2 is 2.43 bits per heavy atom. The third kappa shape index (κ3) is 2.33. The maximum absolute atomic E-state index is 5.76. The molecule has 0 aliphatic carbocycles. The third-order valence-electron chi connectivity index (χ3n) is 2.24. The van der Waals surface area contributed by atoms with Crippen LogP contribution in [0.15, 0.2) is 6.07 Å². The van der Waals surface area contributed by atoms with Gasteiger partial charge in [0.05, 0.1) is 0 Å². The molecule has 0 saturated carbocycles. The van der Waals surface area contributed by atoms with E-state index in [1.807, 2.05) is 13.0 Å². The Hall–Kier alpha value is -0.870. The van der Waals surface area contributed by atoms with Crippen LogP contribution < -0.4 is 10.6 Å². The van der Waals surface area contributed by atoms with Crippen molar-refractivity contribution in [3.05, 3.63) is 17.0 Å². The summed E-state index contributed by atoms with van der Waals surface area (Å²) >= 11 is 5.76. The minimum Gasteiger partial charge on any atom is -0.366 e. The average Bonchev–Trinajstić information content (AvgIpc) is 2.54. The van der Waals surface area contributed by atoms with Crippen molar-refractivity contribution in [2.45, 2.75) is 19.4 Å². The molecule has 5 heteroatoms. The molecule has 1 saturated heterocycles. The van der Waals surface area contributed by atoms with Crippen molar-refractivity contribution < 1.29 is 0 Å². The van der Waals surface area contributed by atoms with Crippen molar-refractivity contribution in [1.82, 2.24) is 15.3 Å². The van der Waals surface area contributed by atoms with E-state index in [2.05, 4.69) is 20.6 Å². The second-order valence-corrected chi connectivity index (χ2v) is 3.84. The van der Waals surface area contributed by atoms with Crippen LogP contribution in [-0.2, 0) is 0 Å². The standard InChI is InChI=1S/C9H13ClN4/c1-6-4-8(14-9(10)12-6)13-7-2-3-11-5-7/h4,7,11H,2-3,5H2,1H3,(H,12,13,14). The Labute approximate surface area is 88.1 Å². The summed E-state index contributed by atoms with van der Waals surface area (Å²) in [6, 6.07) is 2.37. The Kier molecular flexibility index (Phi) is 2.84. The summed E-state index contributed by atoms with van der Waals surface area (Å²) in [7, 11) is 0. The molecule has 1 unspecified atom stereocenters. The molecular weight excluding hydrogens is 200 g/mol. The number of nitrogens with zero attached hydrogens (tertiary/aromatic N) is 2. The van der Waals surface area contributed by atoms with Gasteiger partial charge in [0.25, 0.3) is 0 Å². The molecule has 1 aliphatic rings. The van der Waals surface area contributed by atoms with Gasteiger partial charge in [0.1, 0.15) is 5.82 Å². The minimum atomic E-state index is 0.304. The molecular formula is C9H13ClN4. The zero-order valence-corrected chi connectivity index (χ0v) is 8.80. The lowest BCUT2D eigenvalue weighted by molar-refractivity contribution is 0.786.